The molecule has 0 aromatic carbocycles. The fourth-order valence-electron chi connectivity index (χ4n) is 1.80. The third kappa shape index (κ3) is 3.20. The number of carboxylic acids is 1. The van der Waals surface area contributed by atoms with Crippen molar-refractivity contribution in [1.82, 2.24) is 10.2 Å². The van der Waals surface area contributed by atoms with Crippen molar-refractivity contribution in [3.63, 3.8) is 0 Å². The summed E-state index contributed by atoms with van der Waals surface area (Å²) in [6.07, 6.45) is 2.33. The monoisotopic (exact) mass is 214 g/mol. The molecule has 2 N–H and O–H groups in total. The Morgan fingerprint density at radius 1 is 1.53 bits per heavy atom. The molecule has 0 aromatic rings. The predicted octanol–water partition coefficient (Wildman–Crippen LogP) is 0.0616. The van der Waals surface area contributed by atoms with E-state index in [2.05, 4.69) is 5.32 Å². The lowest BCUT2D eigenvalue weighted by atomic mass is 10.2. The van der Waals surface area contributed by atoms with E-state index in [9.17, 15) is 9.59 Å². The number of carboxylic acid groups (broad SMARTS) is 1. The third-order valence-electron chi connectivity index (χ3n) is 2.56. The van der Waals surface area contributed by atoms with Crippen LogP contribution < -0.4 is 5.32 Å². The number of nitrogens with zero attached hydrogens (tertiary/aromatic N) is 1. The van der Waals surface area contributed by atoms with E-state index in [4.69, 9.17) is 5.11 Å². The fraction of sp³-hybridized carbons (Fsp3) is 0.800. The fourth-order valence-corrected chi connectivity index (χ4v) is 1.80. The molecule has 1 rings (SSSR count). The van der Waals surface area contributed by atoms with Crippen molar-refractivity contribution < 1.29 is 14.7 Å². The minimum absolute atomic E-state index is 0.103. The quantitative estimate of drug-likeness (QED) is 0.635. The van der Waals surface area contributed by atoms with Crippen molar-refractivity contribution in [2.75, 3.05) is 19.6 Å². The summed E-state index contributed by atoms with van der Waals surface area (Å²) < 4.78 is 0. The number of aliphatic carboxylic acids is 1. The maximum absolute atomic E-state index is 11.6. The van der Waals surface area contributed by atoms with Crippen molar-refractivity contribution in [1.29, 1.82) is 0 Å². The lowest BCUT2D eigenvalue weighted by Gasteiger charge is -2.21. The first-order valence-electron chi connectivity index (χ1n) is 5.39. The summed E-state index contributed by atoms with van der Waals surface area (Å²) in [6, 6.07) is -0.610. The lowest BCUT2D eigenvalue weighted by Crippen LogP contribution is -2.44. The Balaban J connectivity index is 2.40. The van der Waals surface area contributed by atoms with Gasteiger partial charge in [0, 0.05) is 6.54 Å². The number of nitrogens with one attached hydrogen (secondary N) is 1. The molecule has 1 aliphatic rings. The van der Waals surface area contributed by atoms with Crippen LogP contribution in [0.4, 0.5) is 0 Å². The van der Waals surface area contributed by atoms with Crippen LogP contribution in [0.1, 0.15) is 26.2 Å². The van der Waals surface area contributed by atoms with Gasteiger partial charge in [0.25, 0.3) is 0 Å². The molecule has 1 amide bonds. The van der Waals surface area contributed by atoms with Crippen molar-refractivity contribution in [2.45, 2.75) is 32.2 Å². The molecule has 0 radical (unpaired) electrons. The van der Waals surface area contributed by atoms with E-state index in [1.165, 1.54) is 4.90 Å². The molecule has 0 aliphatic carbocycles. The lowest BCUT2D eigenvalue weighted by molar-refractivity contribution is -0.147. The van der Waals surface area contributed by atoms with E-state index in [-0.39, 0.29) is 12.5 Å². The third-order valence-corrected chi connectivity index (χ3v) is 2.56. The van der Waals surface area contributed by atoms with Crippen LogP contribution in [0.3, 0.4) is 0 Å². The van der Waals surface area contributed by atoms with Crippen LogP contribution in [0.5, 0.6) is 0 Å². The van der Waals surface area contributed by atoms with Gasteiger partial charge in [-0.3, -0.25) is 4.79 Å². The maximum atomic E-state index is 11.6. The van der Waals surface area contributed by atoms with Gasteiger partial charge in [0.2, 0.25) is 5.91 Å². The van der Waals surface area contributed by atoms with E-state index in [1.807, 2.05) is 6.92 Å². The first-order valence-corrected chi connectivity index (χ1v) is 5.39. The van der Waals surface area contributed by atoms with Crippen LogP contribution in [-0.4, -0.2) is 47.6 Å². The summed E-state index contributed by atoms with van der Waals surface area (Å²) in [6.45, 7) is 3.63. The first kappa shape index (κ1) is 12.0. The molecule has 0 spiro atoms. The molecule has 0 bridgehead atoms. The maximum Gasteiger partial charge on any atom is 0.326 e. The standard InChI is InChI=1S/C10H18N2O3/c1-2-5-11-7-9(13)12-6-3-4-8(12)10(14)15/h8,11H,2-7H2,1H3,(H,14,15). The molecule has 0 aromatic heterocycles. The summed E-state index contributed by atoms with van der Waals surface area (Å²) in [5.41, 5.74) is 0. The zero-order valence-electron chi connectivity index (χ0n) is 9.03. The number of rotatable bonds is 5. The van der Waals surface area contributed by atoms with Gasteiger partial charge in [-0.25, -0.2) is 4.79 Å². The SMILES string of the molecule is CCCNCC(=O)N1CCCC1C(=O)O. The van der Waals surface area contributed by atoms with E-state index in [1.54, 1.807) is 0 Å². The van der Waals surface area contributed by atoms with Gasteiger partial charge in [-0.2, -0.15) is 0 Å². The molecule has 5 heteroatoms. The average molecular weight is 214 g/mol. The largest absolute Gasteiger partial charge is 0.480 e. The Morgan fingerprint density at radius 3 is 2.87 bits per heavy atom. The zero-order chi connectivity index (χ0) is 11.3. The molecule has 15 heavy (non-hydrogen) atoms. The molecule has 1 unspecified atom stereocenters. The topological polar surface area (TPSA) is 69.6 Å². The van der Waals surface area contributed by atoms with Crippen molar-refractivity contribution in [3.05, 3.63) is 0 Å². The van der Waals surface area contributed by atoms with Crippen LogP contribution in [0.15, 0.2) is 0 Å². The summed E-state index contributed by atoms with van der Waals surface area (Å²) in [4.78, 5) is 23.9. The van der Waals surface area contributed by atoms with Gasteiger partial charge in [-0.15, -0.1) is 0 Å². The van der Waals surface area contributed by atoms with Gasteiger partial charge >= 0.3 is 5.97 Å². The van der Waals surface area contributed by atoms with Crippen LogP contribution in [-0.2, 0) is 9.59 Å². The molecule has 1 aliphatic heterocycles. The van der Waals surface area contributed by atoms with Crippen LogP contribution in [0.25, 0.3) is 0 Å². The number of hydrogen-bond donors (Lipinski definition) is 2. The molecular weight excluding hydrogens is 196 g/mol. The second-order valence-electron chi connectivity index (χ2n) is 3.76. The Hall–Kier alpha value is -1.10. The second kappa shape index (κ2) is 5.70. The first-order chi connectivity index (χ1) is 7.16. The molecule has 86 valence electrons. The van der Waals surface area contributed by atoms with Crippen LogP contribution in [0, 0.1) is 0 Å². The molecule has 1 fully saturated rings. The summed E-state index contributed by atoms with van der Waals surface area (Å²) in [5, 5.41) is 11.9. The van der Waals surface area contributed by atoms with Crippen molar-refractivity contribution in [2.24, 2.45) is 0 Å². The second-order valence-corrected chi connectivity index (χ2v) is 3.76. The van der Waals surface area contributed by atoms with Crippen molar-refractivity contribution in [3.8, 4) is 0 Å². The number of likely N-dealkylation sites (tertiary alicyclic amines) is 1. The van der Waals surface area contributed by atoms with Crippen molar-refractivity contribution >= 4 is 11.9 Å². The molecule has 0 saturated carbocycles. The van der Waals surface area contributed by atoms with Gasteiger partial charge in [0.1, 0.15) is 6.04 Å². The summed E-state index contributed by atoms with van der Waals surface area (Å²) in [7, 11) is 0. The molecule has 1 heterocycles. The van der Waals surface area contributed by atoms with E-state index >= 15 is 0 Å². The van der Waals surface area contributed by atoms with E-state index < -0.39 is 12.0 Å². The van der Waals surface area contributed by atoms with Crippen LogP contribution in [0.2, 0.25) is 0 Å². The Morgan fingerprint density at radius 2 is 2.27 bits per heavy atom. The number of hydrogen-bond acceptors (Lipinski definition) is 3. The smallest absolute Gasteiger partial charge is 0.326 e. The van der Waals surface area contributed by atoms with E-state index in [0.717, 1.165) is 19.4 Å². The number of carbonyl (C=O) groups excluding carboxylic acids is 1. The molecule has 5 nitrogen and oxygen atoms in total. The highest BCUT2D eigenvalue weighted by Crippen LogP contribution is 2.16. The van der Waals surface area contributed by atoms with Gasteiger partial charge in [-0.05, 0) is 25.8 Å². The number of carbonyl (C=O) groups is 2. The van der Waals surface area contributed by atoms with E-state index in [0.29, 0.717) is 13.0 Å². The Labute approximate surface area is 89.4 Å². The normalized spacial score (nSPS) is 20.6. The Kier molecular flexibility index (Phi) is 4.55. The van der Waals surface area contributed by atoms with Gasteiger partial charge in [0.15, 0.2) is 0 Å². The summed E-state index contributed by atoms with van der Waals surface area (Å²) in [5.74, 6) is -0.996. The van der Waals surface area contributed by atoms with Gasteiger partial charge in [-0.1, -0.05) is 6.92 Å². The highest BCUT2D eigenvalue weighted by Gasteiger charge is 2.33. The minimum atomic E-state index is -0.892. The summed E-state index contributed by atoms with van der Waals surface area (Å²) >= 11 is 0. The molecular formula is C10H18N2O3. The molecule has 1 atom stereocenters. The highest BCUT2D eigenvalue weighted by molar-refractivity contribution is 5.85. The minimum Gasteiger partial charge on any atom is -0.480 e. The number of amides is 1. The average Bonchev–Trinajstić information content (AvgIpc) is 2.66. The van der Waals surface area contributed by atoms with Gasteiger partial charge in [0.05, 0.1) is 6.54 Å². The van der Waals surface area contributed by atoms with Gasteiger partial charge < -0.3 is 15.3 Å². The zero-order valence-corrected chi connectivity index (χ0v) is 9.03. The highest BCUT2D eigenvalue weighted by atomic mass is 16.4. The molecule has 1 saturated heterocycles. The Bertz CT molecular complexity index is 243. The predicted molar refractivity (Wildman–Crippen MR) is 55.5 cm³/mol. The van der Waals surface area contributed by atoms with Crippen LogP contribution >= 0.6 is 0 Å².